The van der Waals surface area contributed by atoms with Crippen molar-refractivity contribution >= 4 is 27.8 Å². The van der Waals surface area contributed by atoms with Crippen molar-refractivity contribution in [3.8, 4) is 0 Å². The lowest BCUT2D eigenvalue weighted by Crippen LogP contribution is -2.48. The van der Waals surface area contributed by atoms with Crippen molar-refractivity contribution < 1.29 is 13.6 Å². The highest BCUT2D eigenvalue weighted by atomic mass is 16.4. The molecule has 0 aliphatic carbocycles. The van der Waals surface area contributed by atoms with E-state index in [9.17, 15) is 14.4 Å². The maximum atomic E-state index is 12.8. The smallest absolute Gasteiger partial charge is 0.340 e. The van der Waals surface area contributed by atoms with Gasteiger partial charge in [0, 0.05) is 67.2 Å². The van der Waals surface area contributed by atoms with Crippen LogP contribution in [0.25, 0.3) is 21.9 Å². The Morgan fingerprint density at radius 3 is 2.81 bits per heavy atom. The third-order valence-corrected chi connectivity index (χ3v) is 7.82. The molecule has 36 heavy (non-hydrogen) atoms. The molecule has 1 fully saturated rings. The van der Waals surface area contributed by atoms with Crippen LogP contribution >= 0.6 is 0 Å². The molecule has 1 amide bonds. The maximum Gasteiger partial charge on any atom is 0.340 e. The third-order valence-electron chi connectivity index (χ3n) is 7.82. The number of hydrogen-bond acceptors (Lipinski definition) is 6. The normalized spacial score (nSPS) is 19.5. The topological polar surface area (TPSA) is 97.7 Å². The van der Waals surface area contributed by atoms with Crippen molar-refractivity contribution in [3.05, 3.63) is 79.8 Å². The maximum absolute atomic E-state index is 12.8. The Labute approximate surface area is 207 Å². The molecule has 8 nitrogen and oxygen atoms in total. The molecule has 8 heteroatoms. The summed E-state index contributed by atoms with van der Waals surface area (Å²) in [6, 6.07) is 9.23. The molecule has 0 spiro atoms. The van der Waals surface area contributed by atoms with Crippen molar-refractivity contribution in [1.82, 2.24) is 14.8 Å². The summed E-state index contributed by atoms with van der Waals surface area (Å²) in [5.74, 6) is 0.596. The summed E-state index contributed by atoms with van der Waals surface area (Å²) in [5.41, 5.74) is 4.00. The van der Waals surface area contributed by atoms with E-state index in [2.05, 4.69) is 16.3 Å². The summed E-state index contributed by atoms with van der Waals surface area (Å²) in [6.07, 6.45) is 2.77. The van der Waals surface area contributed by atoms with Gasteiger partial charge < -0.3 is 23.6 Å². The van der Waals surface area contributed by atoms with Crippen LogP contribution in [0.2, 0.25) is 0 Å². The zero-order chi connectivity index (χ0) is 25.0. The molecule has 4 aromatic rings. The Hall–Kier alpha value is -3.65. The molecule has 6 rings (SSSR count). The van der Waals surface area contributed by atoms with Crippen molar-refractivity contribution in [2.75, 3.05) is 26.2 Å². The van der Waals surface area contributed by atoms with Crippen LogP contribution in [-0.4, -0.2) is 41.6 Å². The summed E-state index contributed by atoms with van der Waals surface area (Å²) in [7, 11) is 0. The van der Waals surface area contributed by atoms with Gasteiger partial charge in [-0.2, -0.15) is 0 Å². The number of hydrogen-bond donors (Lipinski definition) is 1. The van der Waals surface area contributed by atoms with Crippen LogP contribution in [0.1, 0.15) is 34.7 Å². The van der Waals surface area contributed by atoms with Gasteiger partial charge in [-0.15, -0.1) is 0 Å². The van der Waals surface area contributed by atoms with Gasteiger partial charge in [-0.3, -0.25) is 9.59 Å². The first-order valence-electron chi connectivity index (χ1n) is 12.5. The van der Waals surface area contributed by atoms with Crippen LogP contribution in [0, 0.1) is 19.8 Å². The number of benzene rings is 1. The number of fused-ring (bicyclic) bond motifs is 6. The number of carbonyl (C=O) groups excluding carboxylic acids is 1. The molecule has 2 atom stereocenters. The van der Waals surface area contributed by atoms with Gasteiger partial charge in [-0.1, -0.05) is 6.07 Å². The Kier molecular flexibility index (Phi) is 5.56. The van der Waals surface area contributed by atoms with E-state index in [1.807, 2.05) is 30.5 Å². The zero-order valence-corrected chi connectivity index (χ0v) is 20.5. The molecule has 2 aliphatic heterocycles. The number of likely N-dealkylation sites (tertiary alicyclic amines) is 1. The zero-order valence-electron chi connectivity index (χ0n) is 20.5. The number of furan rings is 1. The minimum atomic E-state index is -0.490. The average Bonchev–Trinajstić information content (AvgIpc) is 3.21. The Bertz CT molecular complexity index is 1610. The van der Waals surface area contributed by atoms with Crippen molar-refractivity contribution in [1.29, 1.82) is 0 Å². The predicted octanol–water partition coefficient (Wildman–Crippen LogP) is 3.10. The molecule has 0 radical (unpaired) electrons. The van der Waals surface area contributed by atoms with E-state index in [0.29, 0.717) is 35.1 Å². The highest BCUT2D eigenvalue weighted by molar-refractivity contribution is 5.96. The number of aromatic nitrogens is 1. The van der Waals surface area contributed by atoms with E-state index < -0.39 is 5.63 Å². The summed E-state index contributed by atoms with van der Waals surface area (Å²) in [6.45, 7) is 7.63. The standard InChI is InChI=1S/C28H29N3O5/c1-16-15-35-24-11-25-21(9-20(16)24)17(2)22(28(34)36-25)10-26(32)29-6-7-30-12-18-8-19(14-30)23-4-3-5-27(33)31(23)13-18/h3-5,9,11,15,18-19H,6-8,10,12-14H2,1-2H3,(H,29,32)/t18-,19+/m1/s1. The van der Waals surface area contributed by atoms with Crippen LogP contribution < -0.4 is 16.5 Å². The van der Waals surface area contributed by atoms with E-state index >= 15 is 0 Å². The molecule has 1 N–H and O–H groups in total. The summed E-state index contributed by atoms with van der Waals surface area (Å²) >= 11 is 0. The highest BCUT2D eigenvalue weighted by Gasteiger charge is 2.34. The number of nitrogens with one attached hydrogen (secondary N) is 1. The van der Waals surface area contributed by atoms with Gasteiger partial charge in [0.05, 0.1) is 18.2 Å². The molecule has 2 aliphatic rings. The summed E-state index contributed by atoms with van der Waals surface area (Å²) < 4.78 is 13.0. The molecule has 3 aromatic heterocycles. The lowest BCUT2D eigenvalue weighted by Gasteiger charge is -2.42. The first-order chi connectivity index (χ1) is 17.4. The summed E-state index contributed by atoms with van der Waals surface area (Å²) in [5, 5.41) is 4.76. The molecular weight excluding hydrogens is 458 g/mol. The van der Waals surface area contributed by atoms with Crippen LogP contribution in [0.5, 0.6) is 0 Å². The van der Waals surface area contributed by atoms with Crippen LogP contribution in [-0.2, 0) is 17.8 Å². The number of rotatable bonds is 5. The number of piperidine rings is 1. The van der Waals surface area contributed by atoms with Crippen LogP contribution in [0.15, 0.2) is 55.0 Å². The number of pyridine rings is 1. The van der Waals surface area contributed by atoms with Gasteiger partial charge in [-0.25, -0.2) is 4.79 Å². The van der Waals surface area contributed by atoms with Gasteiger partial charge in [-0.05, 0) is 49.4 Å². The minimum Gasteiger partial charge on any atom is -0.464 e. The fourth-order valence-electron chi connectivity index (χ4n) is 6.00. The van der Waals surface area contributed by atoms with Gasteiger partial charge in [0.1, 0.15) is 11.2 Å². The van der Waals surface area contributed by atoms with Crippen molar-refractivity contribution in [2.24, 2.45) is 5.92 Å². The Balaban J connectivity index is 1.11. The number of aryl methyl sites for hydroxylation is 2. The number of nitrogens with zero attached hydrogens (tertiary/aromatic N) is 2. The predicted molar refractivity (Wildman–Crippen MR) is 136 cm³/mol. The lowest BCUT2D eigenvalue weighted by molar-refractivity contribution is -0.120. The van der Waals surface area contributed by atoms with E-state index in [1.165, 1.54) is 0 Å². The first-order valence-corrected chi connectivity index (χ1v) is 12.5. The fourth-order valence-corrected chi connectivity index (χ4v) is 6.00. The quantitative estimate of drug-likeness (QED) is 0.435. The fraction of sp³-hybridized carbons (Fsp3) is 0.393. The Morgan fingerprint density at radius 2 is 1.94 bits per heavy atom. The van der Waals surface area contributed by atoms with Crippen LogP contribution in [0.3, 0.4) is 0 Å². The van der Waals surface area contributed by atoms with E-state index in [0.717, 1.165) is 60.2 Å². The second kappa shape index (κ2) is 8.78. The van der Waals surface area contributed by atoms with E-state index in [4.69, 9.17) is 8.83 Å². The van der Waals surface area contributed by atoms with Gasteiger partial charge >= 0.3 is 5.63 Å². The number of amides is 1. The molecular formula is C28H29N3O5. The molecule has 5 heterocycles. The second-order valence-electron chi connectivity index (χ2n) is 10.2. The van der Waals surface area contributed by atoms with Gasteiger partial charge in [0.25, 0.3) is 5.56 Å². The van der Waals surface area contributed by atoms with Crippen LogP contribution in [0.4, 0.5) is 0 Å². The monoisotopic (exact) mass is 487 g/mol. The van der Waals surface area contributed by atoms with E-state index in [1.54, 1.807) is 18.4 Å². The average molecular weight is 488 g/mol. The SMILES string of the molecule is Cc1coc2cc3oc(=O)c(CC(=O)NCCN4C[C@H]5C[C@@H](C4)c4cccc(=O)n4C5)c(C)c3cc12. The highest BCUT2D eigenvalue weighted by Crippen LogP contribution is 2.34. The van der Waals surface area contributed by atoms with Crippen molar-refractivity contribution in [2.45, 2.75) is 39.2 Å². The molecule has 1 saturated heterocycles. The van der Waals surface area contributed by atoms with Gasteiger partial charge in [0.2, 0.25) is 5.91 Å². The van der Waals surface area contributed by atoms with Crippen molar-refractivity contribution in [3.63, 3.8) is 0 Å². The molecule has 0 unspecified atom stereocenters. The first kappa shape index (κ1) is 22.8. The molecule has 2 bridgehead atoms. The lowest BCUT2D eigenvalue weighted by atomic mass is 9.83. The molecule has 0 saturated carbocycles. The Morgan fingerprint density at radius 1 is 1.08 bits per heavy atom. The second-order valence-corrected chi connectivity index (χ2v) is 10.2. The third kappa shape index (κ3) is 3.95. The summed E-state index contributed by atoms with van der Waals surface area (Å²) in [4.78, 5) is 40.0. The number of carbonyl (C=O) groups is 1. The van der Waals surface area contributed by atoms with Gasteiger partial charge in [0.15, 0.2) is 0 Å². The largest absolute Gasteiger partial charge is 0.464 e. The minimum absolute atomic E-state index is 0.0198. The molecule has 1 aromatic carbocycles. The van der Waals surface area contributed by atoms with E-state index in [-0.39, 0.29) is 17.9 Å². The molecule has 186 valence electrons.